The number of hydrogen-bond donors (Lipinski definition) is 1. The molecule has 0 aliphatic carbocycles. The van der Waals surface area contributed by atoms with Gasteiger partial charge in [0.15, 0.2) is 0 Å². The van der Waals surface area contributed by atoms with Gasteiger partial charge in [0, 0.05) is 36.9 Å². The normalized spacial score (nSPS) is 17.6. The molecular weight excluding hydrogens is 388 g/mol. The highest BCUT2D eigenvalue weighted by Crippen LogP contribution is 2.30. The van der Waals surface area contributed by atoms with Crippen LogP contribution in [0.2, 0.25) is 0 Å². The van der Waals surface area contributed by atoms with Crippen molar-refractivity contribution in [1.29, 1.82) is 0 Å². The number of para-hydroxylation sites is 2. The van der Waals surface area contributed by atoms with Crippen molar-refractivity contribution in [2.45, 2.75) is 26.4 Å². The van der Waals surface area contributed by atoms with Crippen molar-refractivity contribution < 1.29 is 13.6 Å². The van der Waals surface area contributed by atoms with Crippen LogP contribution in [-0.2, 0) is 0 Å². The van der Waals surface area contributed by atoms with Crippen molar-refractivity contribution in [2.75, 3.05) is 31.5 Å². The van der Waals surface area contributed by atoms with Crippen LogP contribution in [0.3, 0.4) is 0 Å². The average molecular weight is 413 g/mol. The van der Waals surface area contributed by atoms with Crippen LogP contribution in [0, 0.1) is 0 Å². The van der Waals surface area contributed by atoms with Gasteiger partial charge >= 0.3 is 12.6 Å². The van der Waals surface area contributed by atoms with E-state index in [1.165, 1.54) is 0 Å². The third-order valence-corrected chi connectivity index (χ3v) is 5.64. The Kier molecular flexibility index (Phi) is 5.67. The van der Waals surface area contributed by atoms with Gasteiger partial charge in [-0.2, -0.15) is 8.78 Å². The molecule has 3 aromatic rings. The zero-order valence-corrected chi connectivity index (χ0v) is 17.1. The van der Waals surface area contributed by atoms with Crippen LogP contribution in [-0.4, -0.2) is 57.6 Å². The monoisotopic (exact) mass is 413 g/mol. The first-order valence-corrected chi connectivity index (χ1v) is 10.1. The Hall–Kier alpha value is -3.00. The molecule has 0 saturated carbocycles. The molecule has 1 unspecified atom stereocenters. The molecule has 1 aliphatic heterocycles. The molecule has 1 aromatic heterocycles. The van der Waals surface area contributed by atoms with E-state index in [1.54, 1.807) is 53.4 Å². The smallest absolute Gasteiger partial charge is 0.321 e. The summed E-state index contributed by atoms with van der Waals surface area (Å²) in [5.74, 6) is 0.202. The van der Waals surface area contributed by atoms with E-state index in [0.717, 1.165) is 17.7 Å². The van der Waals surface area contributed by atoms with Crippen molar-refractivity contribution >= 4 is 22.8 Å². The lowest BCUT2D eigenvalue weighted by molar-refractivity contribution is 0.0764. The van der Waals surface area contributed by atoms with Gasteiger partial charge in [-0.05, 0) is 49.9 Å². The number of piperazine rings is 1. The number of hydrogen-bond acceptors (Lipinski definition) is 3. The van der Waals surface area contributed by atoms with E-state index in [9.17, 15) is 13.6 Å². The summed E-state index contributed by atoms with van der Waals surface area (Å²) in [5, 5.41) is 2.90. The topological polar surface area (TPSA) is 53.4 Å². The van der Waals surface area contributed by atoms with E-state index in [2.05, 4.69) is 29.0 Å². The number of rotatable bonds is 4. The molecule has 0 bridgehead atoms. The lowest BCUT2D eigenvalue weighted by Crippen LogP contribution is -2.54. The maximum Gasteiger partial charge on any atom is 0.321 e. The quantitative estimate of drug-likeness (QED) is 0.677. The summed E-state index contributed by atoms with van der Waals surface area (Å²) in [6, 6.07) is 13.8. The fourth-order valence-corrected chi connectivity index (χ4v) is 4.00. The maximum absolute atomic E-state index is 13.7. The number of imidazole rings is 1. The van der Waals surface area contributed by atoms with Crippen LogP contribution in [0.25, 0.3) is 22.4 Å². The number of alkyl halides is 2. The lowest BCUT2D eigenvalue weighted by Gasteiger charge is -2.39. The van der Waals surface area contributed by atoms with Crippen LogP contribution in [0.5, 0.6) is 0 Å². The fraction of sp³-hybridized carbons (Fsp3) is 0.364. The molecule has 2 heterocycles. The van der Waals surface area contributed by atoms with Crippen LogP contribution in [0.4, 0.5) is 19.3 Å². The molecule has 8 heteroatoms. The zero-order chi connectivity index (χ0) is 21.3. The highest BCUT2D eigenvalue weighted by molar-refractivity contribution is 5.90. The molecular formula is C22H25F2N5O. The van der Waals surface area contributed by atoms with Crippen molar-refractivity contribution in [3.8, 4) is 11.4 Å². The van der Waals surface area contributed by atoms with Crippen LogP contribution < -0.4 is 5.32 Å². The Balaban J connectivity index is 1.51. The second-order valence-electron chi connectivity index (χ2n) is 7.50. The van der Waals surface area contributed by atoms with E-state index in [1.807, 2.05) is 0 Å². The molecule has 1 atom stereocenters. The number of fused-ring (bicyclic) bond motifs is 1. The molecule has 1 saturated heterocycles. The fourth-order valence-electron chi connectivity index (χ4n) is 4.00. The standard InChI is InChI=1S/C22H25F2N5O/c1-3-27-12-13-28(14-15(27)2)22(30)25-17-10-8-16(9-11-17)20-26-18-6-4-5-7-19(18)29(20)21(23)24/h4-11,15,21H,3,12-14H2,1-2H3,(H,25,30). The SMILES string of the molecule is CCN1CCN(C(=O)Nc2ccc(-c3nc4ccccc4n3C(F)F)cc2)CC1C. The van der Waals surface area contributed by atoms with E-state index in [-0.39, 0.29) is 11.9 Å². The highest BCUT2D eigenvalue weighted by Gasteiger charge is 2.25. The minimum absolute atomic E-state index is 0.148. The van der Waals surface area contributed by atoms with Crippen molar-refractivity contribution in [1.82, 2.24) is 19.4 Å². The Morgan fingerprint density at radius 2 is 1.90 bits per heavy atom. The predicted molar refractivity (Wildman–Crippen MR) is 114 cm³/mol. The number of aromatic nitrogens is 2. The summed E-state index contributed by atoms with van der Waals surface area (Å²) in [5.41, 5.74) is 2.09. The number of nitrogens with one attached hydrogen (secondary N) is 1. The van der Waals surface area contributed by atoms with Gasteiger partial charge in [0.05, 0.1) is 11.0 Å². The molecule has 30 heavy (non-hydrogen) atoms. The zero-order valence-electron chi connectivity index (χ0n) is 17.1. The van der Waals surface area contributed by atoms with Gasteiger partial charge in [0.25, 0.3) is 0 Å². The second kappa shape index (κ2) is 8.39. The van der Waals surface area contributed by atoms with Crippen molar-refractivity contribution in [3.63, 3.8) is 0 Å². The molecule has 1 N–H and O–H groups in total. The van der Waals surface area contributed by atoms with Crippen molar-refractivity contribution in [3.05, 3.63) is 48.5 Å². The number of halogens is 2. The van der Waals surface area contributed by atoms with Gasteiger partial charge in [-0.25, -0.2) is 9.78 Å². The molecule has 0 radical (unpaired) electrons. The molecule has 6 nitrogen and oxygen atoms in total. The Bertz CT molecular complexity index is 1030. The Morgan fingerprint density at radius 1 is 1.17 bits per heavy atom. The number of amides is 2. The largest absolute Gasteiger partial charge is 0.322 e. The number of anilines is 1. The molecule has 1 fully saturated rings. The third-order valence-electron chi connectivity index (χ3n) is 5.64. The second-order valence-corrected chi connectivity index (χ2v) is 7.50. The predicted octanol–water partition coefficient (Wildman–Crippen LogP) is 4.66. The number of nitrogens with zero attached hydrogens (tertiary/aromatic N) is 4. The molecule has 158 valence electrons. The summed E-state index contributed by atoms with van der Waals surface area (Å²) in [6.07, 6.45) is 0. The summed E-state index contributed by atoms with van der Waals surface area (Å²) >= 11 is 0. The van der Waals surface area contributed by atoms with Gasteiger partial charge < -0.3 is 10.2 Å². The molecule has 2 aromatic carbocycles. The van der Waals surface area contributed by atoms with Crippen molar-refractivity contribution in [2.24, 2.45) is 0 Å². The number of likely N-dealkylation sites (N-methyl/N-ethyl adjacent to an activating group) is 1. The van der Waals surface area contributed by atoms with E-state index >= 15 is 0 Å². The van der Waals surface area contributed by atoms with E-state index in [4.69, 9.17) is 0 Å². The third kappa shape index (κ3) is 3.87. The summed E-state index contributed by atoms with van der Waals surface area (Å²) in [6.45, 7) is 4.73. The highest BCUT2D eigenvalue weighted by atomic mass is 19.3. The van der Waals surface area contributed by atoms with Gasteiger partial charge in [-0.15, -0.1) is 0 Å². The van der Waals surface area contributed by atoms with Gasteiger partial charge in [-0.1, -0.05) is 19.1 Å². The first-order valence-electron chi connectivity index (χ1n) is 10.1. The van der Waals surface area contributed by atoms with Gasteiger partial charge in [0.1, 0.15) is 5.82 Å². The minimum atomic E-state index is -2.70. The van der Waals surface area contributed by atoms with Gasteiger partial charge in [-0.3, -0.25) is 9.47 Å². The van der Waals surface area contributed by atoms with Gasteiger partial charge in [0.2, 0.25) is 0 Å². The van der Waals surface area contributed by atoms with E-state index < -0.39 is 6.55 Å². The number of urea groups is 1. The van der Waals surface area contributed by atoms with Crippen LogP contribution in [0.1, 0.15) is 20.4 Å². The number of carbonyl (C=O) groups excluding carboxylic acids is 1. The number of carbonyl (C=O) groups is 1. The maximum atomic E-state index is 13.7. The average Bonchev–Trinajstić information content (AvgIpc) is 3.14. The Labute approximate surface area is 174 Å². The summed E-state index contributed by atoms with van der Waals surface area (Å²) in [7, 11) is 0. The first-order chi connectivity index (χ1) is 14.5. The molecule has 2 amide bonds. The van der Waals surface area contributed by atoms with E-state index in [0.29, 0.717) is 41.4 Å². The molecule has 0 spiro atoms. The Morgan fingerprint density at radius 3 is 2.57 bits per heavy atom. The van der Waals surface area contributed by atoms with Crippen LogP contribution >= 0.6 is 0 Å². The summed E-state index contributed by atoms with van der Waals surface area (Å²) in [4.78, 5) is 21.1. The first kappa shape index (κ1) is 20.3. The minimum Gasteiger partial charge on any atom is -0.322 e. The summed E-state index contributed by atoms with van der Waals surface area (Å²) < 4.78 is 28.3. The lowest BCUT2D eigenvalue weighted by atomic mass is 10.2. The number of benzene rings is 2. The van der Waals surface area contributed by atoms with Crippen LogP contribution in [0.15, 0.2) is 48.5 Å². The molecule has 1 aliphatic rings. The molecule has 4 rings (SSSR count).